The minimum absolute atomic E-state index is 0. The van der Waals surface area contributed by atoms with Crippen LogP contribution in [0.5, 0.6) is 0 Å². The van der Waals surface area contributed by atoms with E-state index < -0.39 is 5.97 Å². The second-order valence-electron chi connectivity index (χ2n) is 3.14. The van der Waals surface area contributed by atoms with Crippen LogP contribution in [0.2, 0.25) is 0 Å². The van der Waals surface area contributed by atoms with Gasteiger partial charge in [-0.2, -0.15) is 0 Å². The van der Waals surface area contributed by atoms with Gasteiger partial charge in [0.05, 0.1) is 18.9 Å². The van der Waals surface area contributed by atoms with Gasteiger partial charge in [-0.3, -0.25) is 9.59 Å². The van der Waals surface area contributed by atoms with Gasteiger partial charge in [0.15, 0.2) is 0 Å². The molecule has 18 heavy (non-hydrogen) atoms. The van der Waals surface area contributed by atoms with Crippen LogP contribution in [0.15, 0.2) is 0 Å². The fourth-order valence-electron chi connectivity index (χ4n) is 1.14. The molecule has 0 saturated heterocycles. The molecule has 0 aliphatic heterocycles. The molecule has 0 spiro atoms. The van der Waals surface area contributed by atoms with E-state index in [0.717, 1.165) is 0 Å². The van der Waals surface area contributed by atoms with Crippen LogP contribution in [0.3, 0.4) is 0 Å². The smallest absolute Gasteiger partial charge is 0.313 e. The molecule has 96 valence electrons. The Hall–Kier alpha value is -0.541. The molecule has 0 bridgehead atoms. The molecule has 0 aromatic heterocycles. The maximum atomic E-state index is 10.7. The average Bonchev–Trinajstić information content (AvgIpc) is 3.01. The molecule has 2 aliphatic rings. The van der Waals surface area contributed by atoms with Crippen LogP contribution >= 0.6 is 0 Å². The number of carboxylic acids is 1. The Morgan fingerprint density at radius 1 is 0.944 bits per heavy atom. The van der Waals surface area contributed by atoms with Crippen LogP contribution in [0.25, 0.3) is 0 Å². The average molecular weight is 288 g/mol. The van der Waals surface area contributed by atoms with E-state index in [4.69, 9.17) is 5.11 Å². The van der Waals surface area contributed by atoms with Crippen molar-refractivity contribution < 1.29 is 36.5 Å². The van der Waals surface area contributed by atoms with E-state index in [-0.39, 0.29) is 23.0 Å². The zero-order chi connectivity index (χ0) is 12.7. The summed E-state index contributed by atoms with van der Waals surface area (Å²) in [6, 6.07) is 0. The molecular weight excluding hydrogens is 276 g/mol. The van der Waals surface area contributed by atoms with Gasteiger partial charge < -0.3 is 9.84 Å². The second kappa shape index (κ2) is 9.40. The summed E-state index contributed by atoms with van der Waals surface area (Å²) in [5, 5.41) is 8.27. The summed E-state index contributed by atoms with van der Waals surface area (Å²) < 4.78 is 4.46. The van der Waals surface area contributed by atoms with Gasteiger partial charge in [-0.25, -0.2) is 0 Å². The first kappa shape index (κ1) is 17.5. The standard InChI is InChI=1S/C7H7O2.C6H5O2.Fe/c1-9-7(8)6-4-2-3-5-6;7-6(8)5-3-1-2-4-5;/h2-5H,1H3;1-4H,(H,7,8);. The first-order valence-corrected chi connectivity index (χ1v) is 4.90. The number of hydrogen-bond donors (Lipinski definition) is 1. The Morgan fingerprint density at radius 3 is 1.61 bits per heavy atom. The summed E-state index contributed by atoms with van der Waals surface area (Å²) in [5.74, 6) is -0.183. The molecule has 2 saturated carbocycles. The number of carboxylic acid groups (broad SMARTS) is 1. The van der Waals surface area contributed by atoms with Gasteiger partial charge in [-0.1, -0.05) is 0 Å². The van der Waals surface area contributed by atoms with Crippen LogP contribution in [0, 0.1) is 63.2 Å². The molecule has 0 aromatic rings. The van der Waals surface area contributed by atoms with Gasteiger partial charge in [-0.15, -0.1) is 0 Å². The van der Waals surface area contributed by atoms with Crippen molar-refractivity contribution in [1.82, 2.24) is 0 Å². The van der Waals surface area contributed by atoms with E-state index in [1.54, 1.807) is 51.4 Å². The van der Waals surface area contributed by atoms with Crippen LogP contribution in [0.1, 0.15) is 0 Å². The number of rotatable bonds is 2. The van der Waals surface area contributed by atoms with E-state index in [0.29, 0.717) is 11.8 Å². The zero-order valence-corrected chi connectivity index (χ0v) is 10.7. The number of hydrogen-bond acceptors (Lipinski definition) is 3. The number of methoxy groups -OCH3 is 1. The normalized spacial score (nSPS) is 19.6. The molecule has 5 heteroatoms. The van der Waals surface area contributed by atoms with Gasteiger partial charge in [-0.05, 0) is 51.4 Å². The third-order valence-electron chi connectivity index (χ3n) is 1.99. The van der Waals surface area contributed by atoms with E-state index in [9.17, 15) is 9.59 Å². The largest absolute Gasteiger partial charge is 0.481 e. The van der Waals surface area contributed by atoms with Crippen LogP contribution in [0.4, 0.5) is 0 Å². The van der Waals surface area contributed by atoms with Crippen molar-refractivity contribution >= 4 is 11.9 Å². The maximum absolute atomic E-state index is 10.7. The van der Waals surface area contributed by atoms with Gasteiger partial charge in [0.2, 0.25) is 0 Å². The van der Waals surface area contributed by atoms with Crippen molar-refractivity contribution in [2.45, 2.75) is 0 Å². The van der Waals surface area contributed by atoms with Crippen molar-refractivity contribution in [1.29, 1.82) is 0 Å². The zero-order valence-electron chi connectivity index (χ0n) is 9.64. The summed E-state index contributed by atoms with van der Waals surface area (Å²) in [5.41, 5.74) is 0. The molecule has 0 amide bonds. The van der Waals surface area contributed by atoms with Crippen molar-refractivity contribution in [3.8, 4) is 0 Å². The summed E-state index contributed by atoms with van der Waals surface area (Å²) in [6.45, 7) is 0. The van der Waals surface area contributed by atoms with Crippen molar-refractivity contribution in [3.63, 3.8) is 0 Å². The van der Waals surface area contributed by atoms with Gasteiger partial charge >= 0.3 is 11.9 Å². The fourth-order valence-corrected chi connectivity index (χ4v) is 1.14. The molecular formula is C13H12FeO4. The van der Waals surface area contributed by atoms with Gasteiger partial charge in [0, 0.05) is 17.1 Å². The Labute approximate surface area is 119 Å². The Bertz CT molecular complexity index is 256. The number of aliphatic carboxylic acids is 1. The molecule has 2 aliphatic carbocycles. The number of ether oxygens (including phenoxy) is 1. The Kier molecular flexibility index (Phi) is 9.12. The number of carbonyl (C=O) groups excluding carboxylic acids is 1. The molecule has 0 atom stereocenters. The van der Waals surface area contributed by atoms with Crippen molar-refractivity contribution in [3.05, 3.63) is 63.2 Å². The number of esters is 1. The predicted octanol–water partition coefficient (Wildman–Crippen LogP) is 1.04. The van der Waals surface area contributed by atoms with E-state index in [2.05, 4.69) is 4.74 Å². The quantitative estimate of drug-likeness (QED) is 0.609. The molecule has 10 radical (unpaired) electrons. The summed E-state index contributed by atoms with van der Waals surface area (Å²) in [4.78, 5) is 20.7. The fraction of sp³-hybridized carbons (Fsp3) is 0.0769. The van der Waals surface area contributed by atoms with Gasteiger partial charge in [0.25, 0.3) is 0 Å². The molecule has 2 fully saturated rings. The molecule has 4 nitrogen and oxygen atoms in total. The molecule has 0 aromatic carbocycles. The maximum Gasteiger partial charge on any atom is 0.313 e. The third kappa shape index (κ3) is 5.87. The third-order valence-corrected chi connectivity index (χ3v) is 1.99. The predicted molar refractivity (Wildman–Crippen MR) is 60.5 cm³/mol. The van der Waals surface area contributed by atoms with Gasteiger partial charge in [0.1, 0.15) is 0 Å². The minimum atomic E-state index is -0.866. The van der Waals surface area contributed by atoms with E-state index >= 15 is 0 Å². The van der Waals surface area contributed by atoms with Crippen LogP contribution in [-0.2, 0) is 31.4 Å². The van der Waals surface area contributed by atoms with E-state index in [1.807, 2.05) is 0 Å². The first-order chi connectivity index (χ1) is 8.15. The molecule has 0 unspecified atom stereocenters. The minimum Gasteiger partial charge on any atom is -0.481 e. The summed E-state index contributed by atoms with van der Waals surface area (Å²) >= 11 is 0. The molecule has 0 heterocycles. The van der Waals surface area contributed by atoms with Crippen LogP contribution < -0.4 is 0 Å². The molecule has 1 N–H and O–H groups in total. The molecule has 2 rings (SSSR count). The number of carbonyl (C=O) groups is 2. The second-order valence-corrected chi connectivity index (χ2v) is 3.14. The monoisotopic (exact) mass is 288 g/mol. The Balaban J connectivity index is 0.000000306. The van der Waals surface area contributed by atoms with Crippen molar-refractivity contribution in [2.75, 3.05) is 7.11 Å². The van der Waals surface area contributed by atoms with Crippen LogP contribution in [-0.4, -0.2) is 24.2 Å². The first-order valence-electron chi connectivity index (χ1n) is 4.90. The topological polar surface area (TPSA) is 63.6 Å². The van der Waals surface area contributed by atoms with Crippen molar-refractivity contribution in [2.24, 2.45) is 0 Å². The SMILES string of the molecule is COC(=O)[C]1[CH][CH][CH][CH]1.O=C(O)[C]1[CH][CH][CH][CH]1.[Fe]. The summed E-state index contributed by atoms with van der Waals surface area (Å²) in [6.07, 6.45) is 13.5. The Morgan fingerprint density at radius 2 is 1.33 bits per heavy atom. The summed E-state index contributed by atoms with van der Waals surface area (Å²) in [7, 11) is 1.37. The van der Waals surface area contributed by atoms with E-state index in [1.165, 1.54) is 7.11 Å².